The van der Waals surface area contributed by atoms with Crippen molar-refractivity contribution in [3.8, 4) is 0 Å². The molecular weight excluding hydrogens is 518 g/mol. The maximum Gasteiger partial charge on any atom is 0.223 e. The van der Waals surface area contributed by atoms with E-state index in [4.69, 9.17) is 9.47 Å². The topological polar surface area (TPSA) is 107 Å². The molecule has 6 aliphatic rings. The first-order valence-electron chi connectivity index (χ1n) is 17.2. The van der Waals surface area contributed by atoms with Crippen LogP contribution in [0.4, 0.5) is 0 Å². The highest BCUT2D eigenvalue weighted by Gasteiger charge is 2.40. The molecule has 8 unspecified atom stereocenters. The Kier molecular flexibility index (Phi) is 10.6. The molecule has 0 spiro atoms. The summed E-state index contributed by atoms with van der Waals surface area (Å²) < 4.78 is 12.0. The Morgan fingerprint density at radius 2 is 1.83 bits per heavy atom. The number of fused-ring (bicyclic) bond motifs is 1. The number of likely N-dealkylation sites (tertiary alicyclic amines) is 1. The molecule has 3 heterocycles. The van der Waals surface area contributed by atoms with Gasteiger partial charge in [-0.05, 0) is 109 Å². The molecule has 0 aromatic rings. The van der Waals surface area contributed by atoms with Crippen molar-refractivity contribution in [2.45, 2.75) is 139 Å². The minimum Gasteiger partial charge on any atom is -0.390 e. The fourth-order valence-corrected chi connectivity index (χ4v) is 8.61. The predicted octanol–water partition coefficient (Wildman–Crippen LogP) is 2.13. The van der Waals surface area contributed by atoms with Crippen molar-refractivity contribution in [2.75, 3.05) is 39.5 Å². The lowest BCUT2D eigenvalue weighted by molar-refractivity contribution is -0.127. The summed E-state index contributed by atoms with van der Waals surface area (Å²) >= 11 is 0. The van der Waals surface area contributed by atoms with Gasteiger partial charge >= 0.3 is 0 Å². The van der Waals surface area contributed by atoms with Crippen molar-refractivity contribution >= 4 is 5.91 Å². The van der Waals surface area contributed by atoms with Crippen molar-refractivity contribution < 1.29 is 19.4 Å². The first kappa shape index (κ1) is 30.2. The number of aliphatic hydroxyl groups excluding tert-OH is 1. The molecule has 41 heavy (non-hydrogen) atoms. The van der Waals surface area contributed by atoms with E-state index in [0.717, 1.165) is 45.1 Å². The molecule has 234 valence electrons. The van der Waals surface area contributed by atoms with E-state index in [1.807, 2.05) is 0 Å². The third kappa shape index (κ3) is 7.83. The summed E-state index contributed by atoms with van der Waals surface area (Å²) in [6, 6.07) is 1.99. The standard InChI is InChI=1S/C32H57N5O4/c1-21-31(41-20-35-21)19-40-28-9-8-22-15-29(33-17-24(22)14-28)30(38)18-34-32(39)23-12-26(36-25-6-5-7-25)16-27(13-23)37-10-3-2-4-11-37/h21-31,33,35-36,38H,2-20H2,1H3,(H,34,39)/t21?,22?,23?,24?,26?,27?,28?,29-,30+,31?/m0/s1. The third-order valence-corrected chi connectivity index (χ3v) is 11.5. The lowest BCUT2D eigenvalue weighted by atomic mass is 9.72. The normalized spacial score (nSPS) is 41.4. The fourth-order valence-electron chi connectivity index (χ4n) is 8.61. The number of hydrogen-bond donors (Lipinski definition) is 5. The first-order chi connectivity index (χ1) is 20.0. The number of carbonyl (C=O) groups excluding carboxylic acids is 1. The number of piperidine rings is 2. The van der Waals surface area contributed by atoms with Crippen LogP contribution in [0.3, 0.4) is 0 Å². The van der Waals surface area contributed by atoms with E-state index >= 15 is 0 Å². The van der Waals surface area contributed by atoms with E-state index in [1.165, 1.54) is 58.0 Å². The number of nitrogens with zero attached hydrogens (tertiary/aromatic N) is 1. The van der Waals surface area contributed by atoms with E-state index < -0.39 is 6.10 Å². The van der Waals surface area contributed by atoms with Gasteiger partial charge in [-0.3, -0.25) is 10.1 Å². The van der Waals surface area contributed by atoms with Crippen molar-refractivity contribution in [2.24, 2.45) is 17.8 Å². The monoisotopic (exact) mass is 575 g/mol. The molecule has 6 rings (SSSR count). The molecule has 3 aliphatic carbocycles. The van der Waals surface area contributed by atoms with Gasteiger partial charge in [0.15, 0.2) is 0 Å². The predicted molar refractivity (Wildman–Crippen MR) is 159 cm³/mol. The van der Waals surface area contributed by atoms with Gasteiger partial charge in [0.05, 0.1) is 31.6 Å². The molecule has 1 amide bonds. The lowest BCUT2D eigenvalue weighted by Gasteiger charge is -2.44. The van der Waals surface area contributed by atoms with Gasteiger partial charge in [0.2, 0.25) is 5.91 Å². The second-order valence-corrected chi connectivity index (χ2v) is 14.3. The summed E-state index contributed by atoms with van der Waals surface area (Å²) in [5, 5.41) is 25.1. The highest BCUT2D eigenvalue weighted by Crippen LogP contribution is 2.38. The molecule has 3 saturated carbocycles. The highest BCUT2D eigenvalue weighted by atomic mass is 16.5. The second-order valence-electron chi connectivity index (χ2n) is 14.3. The maximum absolute atomic E-state index is 13.5. The van der Waals surface area contributed by atoms with Crippen LogP contribution >= 0.6 is 0 Å². The first-order valence-corrected chi connectivity index (χ1v) is 17.2. The van der Waals surface area contributed by atoms with Gasteiger partial charge in [-0.2, -0.15) is 0 Å². The zero-order chi connectivity index (χ0) is 28.2. The molecule has 3 saturated heterocycles. The summed E-state index contributed by atoms with van der Waals surface area (Å²) in [7, 11) is 0. The second kappa shape index (κ2) is 14.3. The molecule has 0 radical (unpaired) electrons. The molecule has 6 fully saturated rings. The Balaban J connectivity index is 0.942. The van der Waals surface area contributed by atoms with Crippen LogP contribution in [-0.2, 0) is 14.3 Å². The van der Waals surface area contributed by atoms with Gasteiger partial charge in [0.1, 0.15) is 0 Å². The molecule has 0 aromatic heterocycles. The molecule has 5 N–H and O–H groups in total. The van der Waals surface area contributed by atoms with Gasteiger partial charge in [0.25, 0.3) is 0 Å². The van der Waals surface area contributed by atoms with Crippen LogP contribution < -0.4 is 21.3 Å². The molecule has 3 aliphatic heterocycles. The number of carbonyl (C=O) groups is 1. The average Bonchev–Trinajstić information content (AvgIpc) is 3.40. The Labute approximate surface area is 247 Å². The molecule has 9 nitrogen and oxygen atoms in total. The van der Waals surface area contributed by atoms with Gasteiger partial charge in [-0.15, -0.1) is 0 Å². The molecule has 9 heteroatoms. The number of amides is 1. The van der Waals surface area contributed by atoms with Crippen molar-refractivity contribution in [3.05, 3.63) is 0 Å². The van der Waals surface area contributed by atoms with Crippen LogP contribution in [0.25, 0.3) is 0 Å². The number of rotatable bonds is 10. The SMILES string of the molecule is CC1NCOC1COC1CCC2C[C@@H]([C@H](O)CNC(=O)C3CC(NC4CCC4)CC(N4CCCCC4)C3)NCC2C1. The van der Waals surface area contributed by atoms with E-state index in [1.54, 1.807) is 0 Å². The Bertz CT molecular complexity index is 839. The van der Waals surface area contributed by atoms with Crippen LogP contribution in [-0.4, -0.2) is 104 Å². The number of ether oxygens (including phenoxy) is 2. The summed E-state index contributed by atoms with van der Waals surface area (Å²) in [5.41, 5.74) is 0. The molecule has 0 bridgehead atoms. The highest BCUT2D eigenvalue weighted by molar-refractivity contribution is 5.79. The number of aliphatic hydroxyl groups is 1. The quantitative estimate of drug-likeness (QED) is 0.270. The summed E-state index contributed by atoms with van der Waals surface area (Å²) in [6.07, 6.45) is 15.1. The lowest BCUT2D eigenvalue weighted by Crippen LogP contribution is -2.56. The van der Waals surface area contributed by atoms with Crippen molar-refractivity contribution in [1.29, 1.82) is 0 Å². The van der Waals surface area contributed by atoms with Crippen LogP contribution in [0.2, 0.25) is 0 Å². The number of nitrogens with one attached hydrogen (secondary N) is 4. The summed E-state index contributed by atoms with van der Waals surface area (Å²) in [6.45, 7) is 7.08. The minimum absolute atomic E-state index is 0.0350. The number of hydrogen-bond acceptors (Lipinski definition) is 8. The smallest absolute Gasteiger partial charge is 0.223 e. The van der Waals surface area contributed by atoms with Gasteiger partial charge in [-0.1, -0.05) is 12.8 Å². The Morgan fingerprint density at radius 3 is 2.59 bits per heavy atom. The molecular formula is C32H57N5O4. The van der Waals surface area contributed by atoms with Gasteiger partial charge in [-0.25, -0.2) is 0 Å². The van der Waals surface area contributed by atoms with Crippen molar-refractivity contribution in [3.63, 3.8) is 0 Å². The van der Waals surface area contributed by atoms with Crippen LogP contribution in [0.15, 0.2) is 0 Å². The summed E-state index contributed by atoms with van der Waals surface area (Å²) in [4.78, 5) is 16.1. The zero-order valence-corrected chi connectivity index (χ0v) is 25.4. The van der Waals surface area contributed by atoms with Gasteiger partial charge in [0, 0.05) is 42.7 Å². The maximum atomic E-state index is 13.5. The largest absolute Gasteiger partial charge is 0.390 e. The average molecular weight is 576 g/mol. The Morgan fingerprint density at radius 1 is 0.976 bits per heavy atom. The van der Waals surface area contributed by atoms with Crippen LogP contribution in [0, 0.1) is 17.8 Å². The fraction of sp³-hybridized carbons (Fsp3) is 0.969. The van der Waals surface area contributed by atoms with Crippen LogP contribution in [0.5, 0.6) is 0 Å². The summed E-state index contributed by atoms with van der Waals surface area (Å²) in [5.74, 6) is 1.40. The van der Waals surface area contributed by atoms with Crippen LogP contribution in [0.1, 0.15) is 90.4 Å². The van der Waals surface area contributed by atoms with E-state index in [2.05, 4.69) is 33.1 Å². The van der Waals surface area contributed by atoms with E-state index in [-0.39, 0.29) is 24.0 Å². The molecule has 0 aromatic carbocycles. The van der Waals surface area contributed by atoms with E-state index in [9.17, 15) is 9.90 Å². The minimum atomic E-state index is -0.548. The Hall–Kier alpha value is -0.810. The third-order valence-electron chi connectivity index (χ3n) is 11.5. The zero-order valence-electron chi connectivity index (χ0n) is 25.4. The van der Waals surface area contributed by atoms with Crippen molar-refractivity contribution in [1.82, 2.24) is 26.2 Å². The van der Waals surface area contributed by atoms with Gasteiger partial charge < -0.3 is 35.4 Å². The van der Waals surface area contributed by atoms with E-state index in [0.29, 0.717) is 62.0 Å². The molecule has 10 atom stereocenters.